The van der Waals surface area contributed by atoms with Gasteiger partial charge in [-0.25, -0.2) is 0 Å². The first-order chi connectivity index (χ1) is 20.3. The van der Waals surface area contributed by atoms with Crippen LogP contribution in [0.1, 0.15) is 46.6 Å². The monoisotopic (exact) mass is 622 g/mol. The molecule has 2 rings (SSSR count). The molecule has 43 heavy (non-hydrogen) atoms. The minimum Gasteiger partial charge on any atom is -0.494 e. The first-order valence-electron chi connectivity index (χ1n) is 13.6. The van der Waals surface area contributed by atoms with E-state index < -0.39 is 54.1 Å². The summed E-state index contributed by atoms with van der Waals surface area (Å²) in [6.07, 6.45) is 0.0646. The van der Waals surface area contributed by atoms with E-state index in [4.69, 9.17) is 44.8 Å². The minimum atomic E-state index is -1.77. The number of carbonyl (C=O) groups is 4. The largest absolute Gasteiger partial charge is 0.494 e. The molecule has 1 aliphatic heterocycles. The number of esters is 4. The Balaban J connectivity index is 2.47. The SMILES string of the molecule is C=C/C(Cc1ccc(OCC)cc1)=C(Cl)\C=C/C[C@]1(OC)O[C@H](COC(C)=O)[C@@H](OC(C)=O)[C@H](OC(C)=O)[C@H]1OC(C)=O. The van der Waals surface area contributed by atoms with E-state index in [0.717, 1.165) is 37.7 Å². The Hall–Kier alpha value is -3.67. The van der Waals surface area contributed by atoms with E-state index in [0.29, 0.717) is 18.1 Å². The fourth-order valence-electron chi connectivity index (χ4n) is 4.53. The molecule has 12 heteroatoms. The van der Waals surface area contributed by atoms with Gasteiger partial charge in [-0.3, -0.25) is 19.2 Å². The van der Waals surface area contributed by atoms with Crippen LogP contribution in [0.3, 0.4) is 0 Å². The number of rotatable bonds is 14. The third kappa shape index (κ3) is 10.5. The Morgan fingerprint density at radius 1 is 0.953 bits per heavy atom. The number of carbonyl (C=O) groups excluding carboxylic acids is 4. The molecule has 0 radical (unpaired) electrons. The zero-order valence-corrected chi connectivity index (χ0v) is 26.0. The molecule has 5 atom stereocenters. The molecule has 1 aliphatic rings. The maximum absolute atomic E-state index is 12.2. The molecular formula is C31H39ClO11. The summed E-state index contributed by atoms with van der Waals surface area (Å²) in [5.74, 6) is -3.85. The highest BCUT2D eigenvalue weighted by atomic mass is 35.5. The highest BCUT2D eigenvalue weighted by Gasteiger charge is 2.60. The van der Waals surface area contributed by atoms with Crippen LogP contribution in [0.15, 0.2) is 59.7 Å². The Kier molecular flexibility index (Phi) is 13.9. The lowest BCUT2D eigenvalue weighted by Gasteiger charge is -2.50. The second-order valence-corrected chi connectivity index (χ2v) is 10.00. The van der Waals surface area contributed by atoms with Gasteiger partial charge >= 0.3 is 23.9 Å². The van der Waals surface area contributed by atoms with Crippen molar-refractivity contribution < 1.29 is 52.3 Å². The van der Waals surface area contributed by atoms with Gasteiger partial charge in [-0.1, -0.05) is 42.5 Å². The van der Waals surface area contributed by atoms with Crippen LogP contribution in [-0.2, 0) is 54.0 Å². The maximum atomic E-state index is 12.2. The molecule has 1 aromatic carbocycles. The Bertz CT molecular complexity index is 1210. The van der Waals surface area contributed by atoms with E-state index in [1.807, 2.05) is 31.2 Å². The van der Waals surface area contributed by atoms with E-state index in [1.54, 1.807) is 18.2 Å². The fraction of sp³-hybridized carbons (Fsp3) is 0.484. The average Bonchev–Trinajstić information content (AvgIpc) is 2.94. The topological polar surface area (TPSA) is 133 Å². The number of allylic oxidation sites excluding steroid dienone is 4. The summed E-state index contributed by atoms with van der Waals surface area (Å²) in [7, 11) is 1.31. The standard InChI is InChI=1S/C31H39ClO11/c1-8-24(17-23-12-14-25(15-13-23)38-9-2)26(32)11-10-16-31(37-7)30(42-22(6)36)29(41-21(5)35)28(40-20(4)34)27(43-31)18-39-19(3)33/h8,10-15,27-30H,1,9,16-18H2,2-7H3/b11-10-,26-24-/t27-,28-,29+,30-,31+/m1/s1. The molecule has 236 valence electrons. The number of halogens is 1. The normalized spacial score (nSPS) is 24.0. The van der Waals surface area contributed by atoms with Crippen molar-refractivity contribution in [2.24, 2.45) is 0 Å². The summed E-state index contributed by atoms with van der Waals surface area (Å²) in [5, 5.41) is 0.376. The van der Waals surface area contributed by atoms with Gasteiger partial charge in [0.1, 0.15) is 18.5 Å². The number of hydrogen-bond acceptors (Lipinski definition) is 11. The Morgan fingerprint density at radius 2 is 1.56 bits per heavy atom. The zero-order chi connectivity index (χ0) is 32.2. The number of methoxy groups -OCH3 is 1. The van der Waals surface area contributed by atoms with Gasteiger partial charge in [0.15, 0.2) is 18.3 Å². The summed E-state index contributed by atoms with van der Waals surface area (Å²) >= 11 is 6.64. The fourth-order valence-corrected chi connectivity index (χ4v) is 4.77. The second-order valence-electron chi connectivity index (χ2n) is 9.59. The van der Waals surface area contributed by atoms with Crippen LogP contribution in [0.5, 0.6) is 5.75 Å². The molecule has 1 fully saturated rings. The first-order valence-corrected chi connectivity index (χ1v) is 14.0. The predicted molar refractivity (Wildman–Crippen MR) is 156 cm³/mol. The van der Waals surface area contributed by atoms with Gasteiger partial charge in [0.2, 0.25) is 5.79 Å². The second kappa shape index (κ2) is 16.8. The Labute approximate surface area is 256 Å². The summed E-state index contributed by atoms with van der Waals surface area (Å²) in [6, 6.07) is 7.60. The molecule has 0 N–H and O–H groups in total. The van der Waals surface area contributed by atoms with E-state index in [9.17, 15) is 19.2 Å². The highest BCUT2D eigenvalue weighted by molar-refractivity contribution is 6.31. The van der Waals surface area contributed by atoms with Gasteiger partial charge in [0.25, 0.3) is 0 Å². The average molecular weight is 623 g/mol. The molecule has 0 aliphatic carbocycles. The van der Waals surface area contributed by atoms with Crippen molar-refractivity contribution in [2.75, 3.05) is 20.3 Å². The van der Waals surface area contributed by atoms with E-state index in [1.165, 1.54) is 14.0 Å². The molecule has 0 saturated carbocycles. The third-order valence-corrected chi connectivity index (χ3v) is 6.68. The molecule has 1 aromatic rings. The number of ether oxygens (including phenoxy) is 7. The molecule has 0 aromatic heterocycles. The van der Waals surface area contributed by atoms with Gasteiger partial charge in [-0.15, -0.1) is 0 Å². The van der Waals surface area contributed by atoms with Crippen LogP contribution in [0.4, 0.5) is 0 Å². The summed E-state index contributed by atoms with van der Waals surface area (Å²) in [5.41, 5.74) is 1.72. The Morgan fingerprint density at radius 3 is 2.07 bits per heavy atom. The van der Waals surface area contributed by atoms with Crippen LogP contribution in [0.25, 0.3) is 0 Å². The summed E-state index contributed by atoms with van der Waals surface area (Å²) < 4.78 is 39.1. The highest BCUT2D eigenvalue weighted by Crippen LogP contribution is 2.39. The van der Waals surface area contributed by atoms with Gasteiger partial charge < -0.3 is 33.2 Å². The molecule has 0 amide bonds. The lowest BCUT2D eigenvalue weighted by molar-refractivity contribution is -0.358. The molecule has 0 unspecified atom stereocenters. The number of benzene rings is 1. The predicted octanol–water partition coefficient (Wildman–Crippen LogP) is 4.35. The van der Waals surface area contributed by atoms with Crippen LogP contribution in [0.2, 0.25) is 0 Å². The van der Waals surface area contributed by atoms with Gasteiger partial charge in [-0.2, -0.15) is 0 Å². The molecule has 1 saturated heterocycles. The quantitative estimate of drug-likeness (QED) is 0.167. The van der Waals surface area contributed by atoms with Crippen molar-refractivity contribution in [2.45, 2.75) is 77.7 Å². The summed E-state index contributed by atoms with van der Waals surface area (Å²) in [4.78, 5) is 47.9. The van der Waals surface area contributed by atoms with Crippen LogP contribution >= 0.6 is 11.6 Å². The molecule has 11 nitrogen and oxygen atoms in total. The molecule has 0 bridgehead atoms. The number of hydrogen-bond donors (Lipinski definition) is 0. The van der Waals surface area contributed by atoms with Crippen molar-refractivity contribution >= 4 is 35.5 Å². The van der Waals surface area contributed by atoms with Gasteiger partial charge in [0.05, 0.1) is 6.61 Å². The van der Waals surface area contributed by atoms with Crippen LogP contribution in [-0.4, -0.2) is 74.4 Å². The van der Waals surface area contributed by atoms with Crippen molar-refractivity contribution in [1.29, 1.82) is 0 Å². The minimum absolute atomic E-state index is 0.0771. The van der Waals surface area contributed by atoms with Crippen molar-refractivity contribution in [3.63, 3.8) is 0 Å². The zero-order valence-electron chi connectivity index (χ0n) is 25.3. The lowest BCUT2D eigenvalue weighted by atomic mass is 9.89. The van der Waals surface area contributed by atoms with E-state index in [-0.39, 0.29) is 13.0 Å². The molecule has 0 spiro atoms. The molecule has 1 heterocycles. The van der Waals surface area contributed by atoms with Crippen molar-refractivity contribution in [3.05, 3.63) is 65.2 Å². The third-order valence-electron chi connectivity index (χ3n) is 6.32. The van der Waals surface area contributed by atoms with Crippen LogP contribution < -0.4 is 4.74 Å². The molecular weight excluding hydrogens is 584 g/mol. The summed E-state index contributed by atoms with van der Waals surface area (Å²) in [6.45, 7) is 10.6. The van der Waals surface area contributed by atoms with E-state index in [2.05, 4.69) is 6.58 Å². The maximum Gasteiger partial charge on any atom is 0.303 e. The first kappa shape index (κ1) is 35.5. The van der Waals surface area contributed by atoms with Crippen LogP contribution in [0, 0.1) is 0 Å². The van der Waals surface area contributed by atoms with Crippen molar-refractivity contribution in [1.82, 2.24) is 0 Å². The van der Waals surface area contributed by atoms with Gasteiger partial charge in [-0.05, 0) is 42.7 Å². The van der Waals surface area contributed by atoms with Crippen molar-refractivity contribution in [3.8, 4) is 5.75 Å². The van der Waals surface area contributed by atoms with Gasteiger partial charge in [0, 0.05) is 46.3 Å². The smallest absolute Gasteiger partial charge is 0.303 e. The van der Waals surface area contributed by atoms with E-state index >= 15 is 0 Å². The lowest BCUT2D eigenvalue weighted by Crippen LogP contribution is -2.68.